The van der Waals surface area contributed by atoms with E-state index in [0.29, 0.717) is 38.9 Å². The number of sulfone groups is 1. The molecule has 0 bridgehead atoms. The molecule has 8 heteroatoms. The van der Waals surface area contributed by atoms with Gasteiger partial charge in [0.05, 0.1) is 16.7 Å². The maximum atomic E-state index is 12.7. The second kappa shape index (κ2) is 7.39. The van der Waals surface area contributed by atoms with Crippen LogP contribution in [0.1, 0.15) is 52.4 Å². The first-order valence-electron chi connectivity index (χ1n) is 8.54. The first-order valence-corrected chi connectivity index (χ1v) is 10.1. The van der Waals surface area contributed by atoms with Crippen LogP contribution in [0.15, 0.2) is 0 Å². The molecule has 2 aliphatic rings. The number of aliphatic carboxylic acids is 1. The molecular formula is C16H27NO6S. The van der Waals surface area contributed by atoms with Gasteiger partial charge in [-0.1, -0.05) is 12.8 Å². The summed E-state index contributed by atoms with van der Waals surface area (Å²) in [6.07, 6.45) is 3.46. The normalized spacial score (nSPS) is 30.5. The molecule has 0 aromatic heterocycles. The highest BCUT2D eigenvalue weighted by molar-refractivity contribution is 7.93. The summed E-state index contributed by atoms with van der Waals surface area (Å²) in [4.78, 5) is 24.0. The van der Waals surface area contributed by atoms with Gasteiger partial charge in [0.2, 0.25) is 5.91 Å². The lowest BCUT2D eigenvalue weighted by Crippen LogP contribution is -2.58. The average Bonchev–Trinajstić information content (AvgIpc) is 2.54. The zero-order valence-corrected chi connectivity index (χ0v) is 15.1. The SMILES string of the molecule is CC(C(=O)NC1(C)CCCCC1C(=O)O)S(=O)(=O)C1CCOCC1. The van der Waals surface area contributed by atoms with Crippen LogP contribution in [-0.4, -0.2) is 54.7 Å². The van der Waals surface area contributed by atoms with E-state index < -0.39 is 43.7 Å². The molecule has 3 unspecified atom stereocenters. The number of ether oxygens (including phenoxy) is 1. The smallest absolute Gasteiger partial charge is 0.308 e. The Hall–Kier alpha value is -1.15. The number of carbonyl (C=O) groups excluding carboxylic acids is 1. The predicted molar refractivity (Wildman–Crippen MR) is 88.4 cm³/mol. The molecule has 0 spiro atoms. The fourth-order valence-corrected chi connectivity index (χ4v) is 5.49. The van der Waals surface area contributed by atoms with Crippen LogP contribution in [0, 0.1) is 5.92 Å². The van der Waals surface area contributed by atoms with Crippen LogP contribution in [0.4, 0.5) is 0 Å². The molecule has 2 fully saturated rings. The molecule has 0 aromatic rings. The number of carboxylic acids is 1. The summed E-state index contributed by atoms with van der Waals surface area (Å²) in [5.41, 5.74) is -0.902. The highest BCUT2D eigenvalue weighted by atomic mass is 32.2. The summed E-state index contributed by atoms with van der Waals surface area (Å²) < 4.78 is 30.5. The number of carboxylic acid groups (broad SMARTS) is 1. The molecule has 1 aliphatic carbocycles. The van der Waals surface area contributed by atoms with Crippen LogP contribution >= 0.6 is 0 Å². The van der Waals surface area contributed by atoms with Crippen LogP contribution in [0.25, 0.3) is 0 Å². The lowest BCUT2D eigenvalue weighted by Gasteiger charge is -2.40. The van der Waals surface area contributed by atoms with E-state index >= 15 is 0 Å². The van der Waals surface area contributed by atoms with Gasteiger partial charge in [-0.25, -0.2) is 8.42 Å². The number of rotatable bonds is 5. The van der Waals surface area contributed by atoms with Gasteiger partial charge in [-0.2, -0.15) is 0 Å². The zero-order chi connectivity index (χ0) is 18.0. The second-order valence-corrected chi connectivity index (χ2v) is 9.64. The Morgan fingerprint density at radius 3 is 2.42 bits per heavy atom. The molecule has 3 atom stereocenters. The van der Waals surface area contributed by atoms with Crippen LogP contribution in [0.2, 0.25) is 0 Å². The van der Waals surface area contributed by atoms with E-state index in [1.54, 1.807) is 6.92 Å². The van der Waals surface area contributed by atoms with Gasteiger partial charge in [-0.15, -0.1) is 0 Å². The Morgan fingerprint density at radius 1 is 1.21 bits per heavy atom. The highest BCUT2D eigenvalue weighted by Crippen LogP contribution is 2.34. The minimum Gasteiger partial charge on any atom is -0.481 e. The molecule has 2 N–H and O–H groups in total. The van der Waals surface area contributed by atoms with Gasteiger partial charge < -0.3 is 15.2 Å². The van der Waals surface area contributed by atoms with Crippen molar-refractivity contribution in [3.8, 4) is 0 Å². The summed E-state index contributed by atoms with van der Waals surface area (Å²) >= 11 is 0. The average molecular weight is 361 g/mol. The van der Waals surface area contributed by atoms with Gasteiger partial charge in [0.1, 0.15) is 5.25 Å². The Balaban J connectivity index is 2.11. The van der Waals surface area contributed by atoms with Crippen molar-refractivity contribution in [3.63, 3.8) is 0 Å². The van der Waals surface area contributed by atoms with E-state index in [0.717, 1.165) is 12.8 Å². The monoisotopic (exact) mass is 361 g/mol. The largest absolute Gasteiger partial charge is 0.481 e. The summed E-state index contributed by atoms with van der Waals surface area (Å²) in [6.45, 7) is 3.87. The fourth-order valence-electron chi connectivity index (χ4n) is 3.70. The van der Waals surface area contributed by atoms with Gasteiger partial charge in [0, 0.05) is 13.2 Å². The molecule has 7 nitrogen and oxygen atoms in total. The van der Waals surface area contributed by atoms with Gasteiger partial charge in [-0.05, 0) is 39.5 Å². The van der Waals surface area contributed by atoms with Crippen LogP contribution in [0.5, 0.6) is 0 Å². The van der Waals surface area contributed by atoms with Crippen molar-refractivity contribution in [2.45, 2.75) is 68.4 Å². The maximum absolute atomic E-state index is 12.7. The third-order valence-corrected chi connectivity index (χ3v) is 8.01. The van der Waals surface area contributed by atoms with Gasteiger partial charge in [0.15, 0.2) is 9.84 Å². The molecule has 138 valence electrons. The van der Waals surface area contributed by atoms with Crippen molar-refractivity contribution < 1.29 is 27.9 Å². The third-order valence-electron chi connectivity index (χ3n) is 5.41. The molecule has 1 heterocycles. The molecular weight excluding hydrogens is 334 g/mol. The lowest BCUT2D eigenvalue weighted by molar-refractivity contribution is -0.146. The highest BCUT2D eigenvalue weighted by Gasteiger charge is 2.45. The van der Waals surface area contributed by atoms with Crippen molar-refractivity contribution in [2.24, 2.45) is 5.92 Å². The number of carbonyl (C=O) groups is 2. The number of amides is 1. The van der Waals surface area contributed by atoms with E-state index in [1.165, 1.54) is 6.92 Å². The summed E-state index contributed by atoms with van der Waals surface area (Å²) in [7, 11) is -3.62. The predicted octanol–water partition coefficient (Wildman–Crippen LogP) is 1.12. The first kappa shape index (κ1) is 19.2. The van der Waals surface area contributed by atoms with Crippen molar-refractivity contribution in [2.75, 3.05) is 13.2 Å². The Bertz CT molecular complexity index is 583. The molecule has 1 aliphatic heterocycles. The van der Waals surface area contributed by atoms with Crippen molar-refractivity contribution >= 4 is 21.7 Å². The molecule has 2 rings (SSSR count). The molecule has 0 radical (unpaired) electrons. The number of hydrogen-bond acceptors (Lipinski definition) is 5. The Morgan fingerprint density at radius 2 is 1.83 bits per heavy atom. The van der Waals surface area contributed by atoms with E-state index in [4.69, 9.17) is 4.74 Å². The summed E-state index contributed by atoms with van der Waals surface area (Å²) in [5.74, 6) is -2.23. The quantitative estimate of drug-likeness (QED) is 0.759. The fraction of sp³-hybridized carbons (Fsp3) is 0.875. The van der Waals surface area contributed by atoms with Gasteiger partial charge in [-0.3, -0.25) is 9.59 Å². The zero-order valence-electron chi connectivity index (χ0n) is 14.3. The Kier molecular flexibility index (Phi) is 5.91. The molecule has 0 aromatic carbocycles. The van der Waals surface area contributed by atoms with Crippen molar-refractivity contribution in [1.29, 1.82) is 0 Å². The standard InChI is InChI=1S/C16H27NO6S/c1-11(24(21,22)12-6-9-23-10-7-12)14(18)17-16(2)8-4-3-5-13(16)15(19)20/h11-13H,3-10H2,1-2H3,(H,17,18)(H,19,20). The van der Waals surface area contributed by atoms with Crippen molar-refractivity contribution in [3.05, 3.63) is 0 Å². The van der Waals surface area contributed by atoms with E-state index in [-0.39, 0.29) is 0 Å². The molecule has 1 saturated heterocycles. The molecule has 1 saturated carbocycles. The minimum atomic E-state index is -3.62. The van der Waals surface area contributed by atoms with Crippen LogP contribution in [0.3, 0.4) is 0 Å². The van der Waals surface area contributed by atoms with Crippen molar-refractivity contribution in [1.82, 2.24) is 5.32 Å². The number of hydrogen-bond donors (Lipinski definition) is 2. The van der Waals surface area contributed by atoms with Gasteiger partial charge >= 0.3 is 5.97 Å². The third kappa shape index (κ3) is 3.91. The van der Waals surface area contributed by atoms with Crippen LogP contribution in [-0.2, 0) is 24.2 Å². The Labute approximate surface area is 143 Å². The van der Waals surface area contributed by atoms with E-state index in [1.807, 2.05) is 0 Å². The van der Waals surface area contributed by atoms with Gasteiger partial charge in [0.25, 0.3) is 0 Å². The lowest BCUT2D eigenvalue weighted by atomic mass is 9.74. The number of nitrogens with one attached hydrogen (secondary N) is 1. The first-order chi connectivity index (χ1) is 11.2. The summed E-state index contributed by atoms with van der Waals surface area (Å²) in [5, 5.41) is 10.4. The molecule has 24 heavy (non-hydrogen) atoms. The van der Waals surface area contributed by atoms with E-state index in [9.17, 15) is 23.1 Å². The summed E-state index contributed by atoms with van der Waals surface area (Å²) in [6, 6.07) is 0. The second-order valence-electron chi connectivity index (χ2n) is 7.09. The maximum Gasteiger partial charge on any atom is 0.308 e. The molecule has 1 amide bonds. The topological polar surface area (TPSA) is 110 Å². The van der Waals surface area contributed by atoms with Crippen LogP contribution < -0.4 is 5.32 Å². The van der Waals surface area contributed by atoms with E-state index in [2.05, 4.69) is 5.32 Å². The minimum absolute atomic E-state index is 0.386.